The van der Waals surface area contributed by atoms with E-state index in [1.165, 1.54) is 4.90 Å². The zero-order valence-corrected chi connectivity index (χ0v) is 9.21. The second-order valence-corrected chi connectivity index (χ2v) is 3.46. The van der Waals surface area contributed by atoms with E-state index < -0.39 is 0 Å². The van der Waals surface area contributed by atoms with Crippen LogP contribution < -0.4 is 4.90 Å². The molecule has 0 saturated heterocycles. The molecule has 0 spiro atoms. The third-order valence-corrected chi connectivity index (χ3v) is 2.36. The number of hydrogen-bond acceptors (Lipinski definition) is 1. The minimum absolute atomic E-state index is 0.373. The summed E-state index contributed by atoms with van der Waals surface area (Å²) in [6, 6.07) is 18.7. The molecule has 0 aliphatic rings. The van der Waals surface area contributed by atoms with E-state index in [4.69, 9.17) is 6.42 Å². The number of carbonyl (C=O) groups excluding carboxylic acids is 1. The number of para-hydroxylation sites is 2. The van der Waals surface area contributed by atoms with Gasteiger partial charge in [0.2, 0.25) is 0 Å². The molecule has 17 heavy (non-hydrogen) atoms. The number of carbonyl (C=O) groups is 1. The van der Waals surface area contributed by atoms with Crippen LogP contribution >= 0.6 is 0 Å². The lowest BCUT2D eigenvalue weighted by Gasteiger charge is -2.20. The summed E-state index contributed by atoms with van der Waals surface area (Å²) in [7, 11) is 0. The topological polar surface area (TPSA) is 20.3 Å². The predicted octanol–water partition coefficient (Wildman–Crippen LogP) is 2.98. The summed E-state index contributed by atoms with van der Waals surface area (Å²) in [5.41, 5.74) is 1.53. The molecule has 0 saturated carbocycles. The first kappa shape index (κ1) is 11.0. The van der Waals surface area contributed by atoms with Gasteiger partial charge < -0.3 is 0 Å². The number of terminal acetylenes is 1. The molecule has 82 valence electrons. The Kier molecular flexibility index (Phi) is 3.23. The van der Waals surface area contributed by atoms with E-state index in [0.717, 1.165) is 11.4 Å². The fourth-order valence-electron chi connectivity index (χ4n) is 1.60. The molecule has 0 aliphatic carbocycles. The number of benzene rings is 2. The van der Waals surface area contributed by atoms with Crippen molar-refractivity contribution in [2.24, 2.45) is 0 Å². The molecule has 0 atom stereocenters. The van der Waals surface area contributed by atoms with Gasteiger partial charge in [0.05, 0.1) is 0 Å². The van der Waals surface area contributed by atoms with E-state index in [1.54, 1.807) is 0 Å². The van der Waals surface area contributed by atoms with Crippen molar-refractivity contribution in [2.45, 2.75) is 0 Å². The second kappa shape index (κ2) is 5.00. The minimum atomic E-state index is -0.373. The highest BCUT2D eigenvalue weighted by atomic mass is 16.2. The van der Waals surface area contributed by atoms with Crippen LogP contribution in [0.5, 0.6) is 0 Å². The average molecular weight is 221 g/mol. The Morgan fingerprint density at radius 3 is 1.65 bits per heavy atom. The van der Waals surface area contributed by atoms with Gasteiger partial charge in [-0.1, -0.05) is 36.4 Å². The maximum Gasteiger partial charge on any atom is 0.307 e. The summed E-state index contributed by atoms with van der Waals surface area (Å²) in [5.74, 6) is 1.78. The molecular formula is C15H11NO. The first-order valence-electron chi connectivity index (χ1n) is 5.23. The highest BCUT2D eigenvalue weighted by Gasteiger charge is 2.14. The Labute approximate surface area is 101 Å². The maximum absolute atomic E-state index is 11.8. The van der Waals surface area contributed by atoms with Gasteiger partial charge in [-0.15, -0.1) is 6.42 Å². The van der Waals surface area contributed by atoms with Gasteiger partial charge in [-0.3, -0.25) is 9.69 Å². The summed E-state index contributed by atoms with van der Waals surface area (Å²) >= 11 is 0. The highest BCUT2D eigenvalue weighted by Crippen LogP contribution is 2.24. The molecule has 0 radical (unpaired) electrons. The summed E-state index contributed by atoms with van der Waals surface area (Å²) < 4.78 is 0. The van der Waals surface area contributed by atoms with E-state index in [-0.39, 0.29) is 5.91 Å². The first-order chi connectivity index (χ1) is 8.33. The van der Waals surface area contributed by atoms with Gasteiger partial charge in [0, 0.05) is 11.4 Å². The smallest absolute Gasteiger partial charge is 0.270 e. The fourth-order valence-corrected chi connectivity index (χ4v) is 1.60. The number of rotatable bonds is 2. The van der Waals surface area contributed by atoms with Crippen LogP contribution in [0, 0.1) is 12.3 Å². The zero-order valence-electron chi connectivity index (χ0n) is 9.21. The summed E-state index contributed by atoms with van der Waals surface area (Å²) in [6.45, 7) is 0. The molecular weight excluding hydrogens is 210 g/mol. The molecule has 0 N–H and O–H groups in total. The van der Waals surface area contributed by atoms with Crippen molar-refractivity contribution in [3.8, 4) is 12.3 Å². The molecule has 1 amide bonds. The predicted molar refractivity (Wildman–Crippen MR) is 68.9 cm³/mol. The summed E-state index contributed by atoms with van der Waals surface area (Å²) in [4.78, 5) is 13.3. The van der Waals surface area contributed by atoms with Crippen molar-refractivity contribution in [1.82, 2.24) is 0 Å². The van der Waals surface area contributed by atoms with Gasteiger partial charge in [-0.2, -0.15) is 0 Å². The average Bonchev–Trinajstić information content (AvgIpc) is 2.41. The quantitative estimate of drug-likeness (QED) is 0.714. The van der Waals surface area contributed by atoms with Gasteiger partial charge in [-0.25, -0.2) is 0 Å². The Morgan fingerprint density at radius 1 is 0.882 bits per heavy atom. The van der Waals surface area contributed by atoms with E-state index in [2.05, 4.69) is 5.92 Å². The van der Waals surface area contributed by atoms with E-state index in [0.29, 0.717) is 0 Å². The zero-order chi connectivity index (χ0) is 12.1. The molecule has 2 nitrogen and oxygen atoms in total. The maximum atomic E-state index is 11.8. The van der Waals surface area contributed by atoms with Crippen molar-refractivity contribution in [3.63, 3.8) is 0 Å². The van der Waals surface area contributed by atoms with E-state index >= 15 is 0 Å². The Hall–Kier alpha value is -2.53. The van der Waals surface area contributed by atoms with Crippen LogP contribution in [0.25, 0.3) is 0 Å². The van der Waals surface area contributed by atoms with Gasteiger partial charge in [0.1, 0.15) is 0 Å². The van der Waals surface area contributed by atoms with Crippen molar-refractivity contribution >= 4 is 17.3 Å². The van der Waals surface area contributed by atoms with Crippen LogP contribution in [-0.4, -0.2) is 5.91 Å². The third kappa shape index (κ3) is 2.35. The standard InChI is InChI=1S/C15H11NO/c1-2-15(17)16(13-9-5-3-6-10-13)14-11-7-4-8-12-14/h1,3-12H. The third-order valence-electron chi connectivity index (χ3n) is 2.36. The monoisotopic (exact) mass is 221 g/mol. The fraction of sp³-hybridized carbons (Fsp3) is 0. The SMILES string of the molecule is C#CC(=O)N(c1ccccc1)c1ccccc1. The highest BCUT2D eigenvalue weighted by molar-refractivity contribution is 6.10. The van der Waals surface area contributed by atoms with Crippen LogP contribution in [0.4, 0.5) is 11.4 Å². The molecule has 0 aliphatic heterocycles. The normalized spacial score (nSPS) is 9.35. The van der Waals surface area contributed by atoms with E-state index in [9.17, 15) is 4.79 Å². The Morgan fingerprint density at radius 2 is 1.29 bits per heavy atom. The lowest BCUT2D eigenvalue weighted by Crippen LogP contribution is -2.23. The molecule has 0 unspecified atom stereocenters. The molecule has 2 heteroatoms. The lowest BCUT2D eigenvalue weighted by molar-refractivity contribution is -0.112. The molecule has 0 aromatic heterocycles. The molecule has 2 aromatic rings. The van der Waals surface area contributed by atoms with Crippen LogP contribution in [0.15, 0.2) is 60.7 Å². The molecule has 0 heterocycles. The van der Waals surface area contributed by atoms with Crippen LogP contribution in [-0.2, 0) is 4.79 Å². The van der Waals surface area contributed by atoms with Crippen LogP contribution in [0.3, 0.4) is 0 Å². The molecule has 0 bridgehead atoms. The van der Waals surface area contributed by atoms with Gasteiger partial charge in [0.25, 0.3) is 0 Å². The van der Waals surface area contributed by atoms with Crippen molar-refractivity contribution in [1.29, 1.82) is 0 Å². The number of nitrogens with zero attached hydrogens (tertiary/aromatic N) is 1. The molecule has 2 aromatic carbocycles. The van der Waals surface area contributed by atoms with Crippen LogP contribution in [0.1, 0.15) is 0 Å². The number of anilines is 2. The van der Waals surface area contributed by atoms with Gasteiger partial charge in [-0.05, 0) is 30.2 Å². The Bertz CT molecular complexity index is 501. The van der Waals surface area contributed by atoms with Gasteiger partial charge in [0.15, 0.2) is 0 Å². The van der Waals surface area contributed by atoms with Gasteiger partial charge >= 0.3 is 5.91 Å². The lowest BCUT2D eigenvalue weighted by atomic mass is 10.2. The van der Waals surface area contributed by atoms with Crippen molar-refractivity contribution < 1.29 is 4.79 Å². The molecule has 0 fully saturated rings. The van der Waals surface area contributed by atoms with Crippen molar-refractivity contribution in [3.05, 3.63) is 60.7 Å². The van der Waals surface area contributed by atoms with Crippen molar-refractivity contribution in [2.75, 3.05) is 4.90 Å². The minimum Gasteiger partial charge on any atom is -0.270 e. The van der Waals surface area contributed by atoms with Crippen LogP contribution in [0.2, 0.25) is 0 Å². The Balaban J connectivity index is 2.48. The number of hydrogen-bond donors (Lipinski definition) is 0. The number of amides is 1. The second-order valence-electron chi connectivity index (χ2n) is 3.46. The largest absolute Gasteiger partial charge is 0.307 e. The summed E-state index contributed by atoms with van der Waals surface area (Å²) in [5, 5.41) is 0. The molecule has 2 rings (SSSR count). The summed E-state index contributed by atoms with van der Waals surface area (Å²) in [6.07, 6.45) is 5.21. The first-order valence-corrected chi connectivity index (χ1v) is 5.23. The van der Waals surface area contributed by atoms with E-state index in [1.807, 2.05) is 60.7 Å².